The molecule has 1 aliphatic heterocycles. The molecule has 2 unspecified atom stereocenters. The van der Waals surface area contributed by atoms with Gasteiger partial charge in [-0.15, -0.1) is 0 Å². The summed E-state index contributed by atoms with van der Waals surface area (Å²) in [6.07, 6.45) is 1.61. The predicted molar refractivity (Wildman–Crippen MR) is 53.2 cm³/mol. The van der Waals surface area contributed by atoms with Crippen molar-refractivity contribution in [1.29, 1.82) is 0 Å². The maximum Gasteiger partial charge on any atom is 0.309 e. The molecule has 0 saturated carbocycles. The number of ether oxygens (including phenoxy) is 2. The number of hydrogen-bond donors (Lipinski definition) is 1. The molecule has 15 heavy (non-hydrogen) atoms. The molecule has 0 radical (unpaired) electrons. The summed E-state index contributed by atoms with van der Waals surface area (Å²) in [4.78, 5) is 21.8. The van der Waals surface area contributed by atoms with Gasteiger partial charge >= 0.3 is 11.9 Å². The molecule has 0 aromatic carbocycles. The van der Waals surface area contributed by atoms with Crippen molar-refractivity contribution in [3.05, 3.63) is 0 Å². The lowest BCUT2D eigenvalue weighted by molar-refractivity contribution is -0.147. The molecule has 5 nitrogen and oxygen atoms in total. The third-order valence-electron chi connectivity index (χ3n) is 2.54. The first-order valence-electron chi connectivity index (χ1n) is 5.08. The lowest BCUT2D eigenvalue weighted by atomic mass is 9.95. The van der Waals surface area contributed by atoms with Crippen LogP contribution in [0.15, 0.2) is 0 Å². The fourth-order valence-corrected chi connectivity index (χ4v) is 1.64. The van der Waals surface area contributed by atoms with Crippen LogP contribution in [0, 0.1) is 5.92 Å². The van der Waals surface area contributed by atoms with Gasteiger partial charge in [-0.2, -0.15) is 0 Å². The van der Waals surface area contributed by atoms with Crippen LogP contribution in [0.5, 0.6) is 0 Å². The van der Waals surface area contributed by atoms with Crippen molar-refractivity contribution in [1.82, 2.24) is 5.32 Å². The number of hydrogen-bond acceptors (Lipinski definition) is 5. The van der Waals surface area contributed by atoms with E-state index in [2.05, 4.69) is 10.1 Å². The maximum atomic E-state index is 11.2. The van der Waals surface area contributed by atoms with Crippen LogP contribution < -0.4 is 5.32 Å². The van der Waals surface area contributed by atoms with Gasteiger partial charge in [0.05, 0.1) is 13.0 Å². The molecule has 2 atom stereocenters. The molecular formula is C10H17NO4. The van der Waals surface area contributed by atoms with Crippen molar-refractivity contribution in [2.75, 3.05) is 20.3 Å². The Morgan fingerprint density at radius 1 is 1.40 bits per heavy atom. The molecule has 0 aromatic heterocycles. The minimum atomic E-state index is -0.271. The number of methoxy groups -OCH3 is 1. The van der Waals surface area contributed by atoms with Crippen molar-refractivity contribution in [2.45, 2.75) is 25.8 Å². The van der Waals surface area contributed by atoms with Crippen LogP contribution in [0.1, 0.15) is 19.8 Å². The van der Waals surface area contributed by atoms with Gasteiger partial charge in [0.2, 0.25) is 0 Å². The molecule has 0 bridgehead atoms. The van der Waals surface area contributed by atoms with Crippen LogP contribution in [0.3, 0.4) is 0 Å². The van der Waals surface area contributed by atoms with E-state index in [4.69, 9.17) is 4.74 Å². The van der Waals surface area contributed by atoms with E-state index in [-0.39, 0.29) is 23.9 Å². The Bertz CT molecular complexity index is 234. The number of carbonyl (C=O) groups excluding carboxylic acids is 2. The van der Waals surface area contributed by atoms with Crippen molar-refractivity contribution in [2.24, 2.45) is 5.92 Å². The highest BCUT2D eigenvalue weighted by Gasteiger charge is 2.26. The molecule has 0 amide bonds. The van der Waals surface area contributed by atoms with Gasteiger partial charge in [0.25, 0.3) is 0 Å². The van der Waals surface area contributed by atoms with Crippen LogP contribution in [-0.4, -0.2) is 38.2 Å². The van der Waals surface area contributed by atoms with Crippen molar-refractivity contribution < 1.29 is 19.1 Å². The fourth-order valence-electron chi connectivity index (χ4n) is 1.64. The minimum Gasteiger partial charge on any atom is -0.469 e. The Hall–Kier alpha value is -1.10. The van der Waals surface area contributed by atoms with Gasteiger partial charge in [-0.25, -0.2) is 0 Å². The van der Waals surface area contributed by atoms with Crippen molar-refractivity contribution in [3.63, 3.8) is 0 Å². The quantitative estimate of drug-likeness (QED) is 0.676. The van der Waals surface area contributed by atoms with E-state index in [1.54, 1.807) is 0 Å². The van der Waals surface area contributed by atoms with Gasteiger partial charge in [-0.05, 0) is 12.8 Å². The summed E-state index contributed by atoms with van der Waals surface area (Å²) >= 11 is 0. The summed E-state index contributed by atoms with van der Waals surface area (Å²) in [7, 11) is 1.40. The summed E-state index contributed by atoms with van der Waals surface area (Å²) in [5, 5.41) is 3.16. The molecule has 0 aliphatic carbocycles. The highest BCUT2D eigenvalue weighted by Crippen LogP contribution is 2.15. The lowest BCUT2D eigenvalue weighted by Gasteiger charge is -2.27. The molecular weight excluding hydrogens is 198 g/mol. The number of nitrogens with one attached hydrogen (secondary N) is 1. The van der Waals surface area contributed by atoms with E-state index in [1.807, 2.05) is 0 Å². The average molecular weight is 215 g/mol. The summed E-state index contributed by atoms with van der Waals surface area (Å²) in [6.45, 7) is 2.36. The molecule has 1 N–H and O–H groups in total. The van der Waals surface area contributed by atoms with Crippen LogP contribution in [0.25, 0.3) is 0 Å². The summed E-state index contributed by atoms with van der Waals surface area (Å²) in [5.74, 6) is -0.510. The molecule has 1 heterocycles. The number of piperidine rings is 1. The number of rotatable bonds is 3. The zero-order valence-electron chi connectivity index (χ0n) is 9.12. The van der Waals surface area contributed by atoms with E-state index < -0.39 is 0 Å². The Labute approximate surface area is 89.1 Å². The summed E-state index contributed by atoms with van der Waals surface area (Å²) in [6, 6.07) is 0.162. The second kappa shape index (κ2) is 5.70. The minimum absolute atomic E-state index is 0.0661. The molecule has 1 saturated heterocycles. The Morgan fingerprint density at radius 2 is 2.13 bits per heavy atom. The van der Waals surface area contributed by atoms with Crippen LogP contribution in [-0.2, 0) is 19.1 Å². The number of esters is 2. The topological polar surface area (TPSA) is 64.6 Å². The fraction of sp³-hybridized carbons (Fsp3) is 0.800. The molecule has 0 aromatic rings. The molecule has 1 aliphatic rings. The zero-order chi connectivity index (χ0) is 11.3. The molecule has 1 rings (SSSR count). The van der Waals surface area contributed by atoms with Gasteiger partial charge in [0.1, 0.15) is 6.61 Å². The zero-order valence-corrected chi connectivity index (χ0v) is 9.12. The number of carbonyl (C=O) groups is 2. The molecule has 0 spiro atoms. The highest BCUT2D eigenvalue weighted by molar-refractivity contribution is 5.72. The molecule has 1 fully saturated rings. The van der Waals surface area contributed by atoms with E-state index >= 15 is 0 Å². The van der Waals surface area contributed by atoms with Gasteiger partial charge in [-0.3, -0.25) is 9.59 Å². The van der Waals surface area contributed by atoms with Crippen molar-refractivity contribution >= 4 is 11.9 Å². The molecule has 86 valence electrons. The average Bonchev–Trinajstić information content (AvgIpc) is 2.26. The van der Waals surface area contributed by atoms with E-state index in [1.165, 1.54) is 14.0 Å². The van der Waals surface area contributed by atoms with E-state index in [0.29, 0.717) is 13.2 Å². The van der Waals surface area contributed by atoms with Gasteiger partial charge in [0.15, 0.2) is 0 Å². The first kappa shape index (κ1) is 12.0. The molecule has 5 heteroatoms. The largest absolute Gasteiger partial charge is 0.469 e. The maximum absolute atomic E-state index is 11.2. The summed E-state index contributed by atoms with van der Waals surface area (Å²) < 4.78 is 9.54. The normalized spacial score (nSPS) is 25.7. The highest BCUT2D eigenvalue weighted by atomic mass is 16.5. The van der Waals surface area contributed by atoms with Crippen LogP contribution in [0.2, 0.25) is 0 Å². The lowest BCUT2D eigenvalue weighted by Crippen LogP contribution is -2.44. The second-order valence-electron chi connectivity index (χ2n) is 3.71. The van der Waals surface area contributed by atoms with Gasteiger partial charge in [-0.1, -0.05) is 0 Å². The Morgan fingerprint density at radius 3 is 2.60 bits per heavy atom. The smallest absolute Gasteiger partial charge is 0.309 e. The third-order valence-corrected chi connectivity index (χ3v) is 2.54. The third kappa shape index (κ3) is 3.87. The predicted octanol–water partition coefficient (Wildman–Crippen LogP) is 0.0907. The monoisotopic (exact) mass is 215 g/mol. The van der Waals surface area contributed by atoms with Crippen LogP contribution in [0.4, 0.5) is 0 Å². The van der Waals surface area contributed by atoms with E-state index in [9.17, 15) is 9.59 Å². The van der Waals surface area contributed by atoms with Crippen molar-refractivity contribution in [3.8, 4) is 0 Å². The van der Waals surface area contributed by atoms with E-state index in [0.717, 1.165) is 12.8 Å². The standard InChI is InChI=1S/C10H17NO4/c1-7(12)15-6-9-4-3-8(5-11-9)10(13)14-2/h8-9,11H,3-6H2,1-2H3. The first-order chi connectivity index (χ1) is 7.13. The second-order valence-corrected chi connectivity index (χ2v) is 3.71. The Balaban J connectivity index is 2.23. The summed E-state index contributed by atoms with van der Waals surface area (Å²) in [5.41, 5.74) is 0. The SMILES string of the molecule is COC(=O)C1CCC(COC(C)=O)NC1. The Kier molecular flexibility index (Phi) is 4.55. The van der Waals surface area contributed by atoms with Crippen LogP contribution >= 0.6 is 0 Å². The first-order valence-corrected chi connectivity index (χ1v) is 5.08. The van der Waals surface area contributed by atoms with Gasteiger partial charge in [0, 0.05) is 19.5 Å². The van der Waals surface area contributed by atoms with Gasteiger partial charge < -0.3 is 14.8 Å².